The number of nitrogens with zero attached hydrogens (tertiary/aromatic N) is 2. The maximum atomic E-state index is 13.2. The summed E-state index contributed by atoms with van der Waals surface area (Å²) in [5.41, 5.74) is 7.62. The Kier molecular flexibility index (Phi) is 32.1. The summed E-state index contributed by atoms with van der Waals surface area (Å²) in [5, 5.41) is 27.6. The second-order valence-corrected chi connectivity index (χ2v) is 23.1. The summed E-state index contributed by atoms with van der Waals surface area (Å²) in [7, 11) is 0. The number of carbonyl (C=O) groups is 3. The van der Waals surface area contributed by atoms with Gasteiger partial charge >= 0.3 is 0 Å². The zero-order chi connectivity index (χ0) is 62.1. The van der Waals surface area contributed by atoms with Crippen LogP contribution < -0.4 is 27.6 Å². The highest BCUT2D eigenvalue weighted by Crippen LogP contribution is 2.57. The molecule has 2 saturated carbocycles. The molecule has 1 aromatic heterocycles. The number of hydrazine groups is 1. The highest BCUT2D eigenvalue weighted by Gasteiger charge is 2.50. The minimum absolute atomic E-state index is 0.0489. The molecule has 484 valence electrons. The molecule has 0 aliphatic heterocycles. The molecule has 3 aromatic rings. The van der Waals surface area contributed by atoms with E-state index in [0.717, 1.165) is 12.8 Å². The summed E-state index contributed by atoms with van der Waals surface area (Å²) in [6.07, 6.45) is 7.85. The maximum absolute atomic E-state index is 13.2. The van der Waals surface area contributed by atoms with Crippen LogP contribution in [0.25, 0.3) is 22.3 Å². The fourth-order valence-electron chi connectivity index (χ4n) is 11.5. The highest BCUT2D eigenvalue weighted by molar-refractivity contribution is 5.94. The fourth-order valence-corrected chi connectivity index (χ4v) is 11.5. The van der Waals surface area contributed by atoms with Crippen molar-refractivity contribution >= 4 is 28.7 Å². The maximum Gasteiger partial charge on any atom is 0.251 e. The van der Waals surface area contributed by atoms with Gasteiger partial charge in [0.05, 0.1) is 164 Å². The Balaban J connectivity index is 0.814. The zero-order valence-electron chi connectivity index (χ0n) is 51.5. The molecule has 5 rings (SSSR count). The van der Waals surface area contributed by atoms with Crippen molar-refractivity contribution in [1.29, 1.82) is 0 Å². The van der Waals surface area contributed by atoms with Crippen molar-refractivity contribution in [3.8, 4) is 22.8 Å². The number of hydrogen-bond acceptors (Lipinski definition) is 21. The molecule has 3 atom stereocenters. The van der Waals surface area contributed by atoms with E-state index in [1.165, 1.54) is 42.5 Å². The topological polar surface area (TPSA) is 306 Å². The van der Waals surface area contributed by atoms with Gasteiger partial charge < -0.3 is 93.0 Å². The Morgan fingerprint density at radius 2 is 1.17 bits per heavy atom. The van der Waals surface area contributed by atoms with Gasteiger partial charge in [-0.15, -0.1) is 0 Å². The smallest absolute Gasteiger partial charge is 0.251 e. The Labute approximate surface area is 506 Å². The number of carbonyl (C=O) groups excluding carboxylic acids is 3. The first-order chi connectivity index (χ1) is 41.4. The van der Waals surface area contributed by atoms with Gasteiger partial charge in [0, 0.05) is 60.7 Å². The van der Waals surface area contributed by atoms with E-state index in [-0.39, 0.29) is 90.2 Å². The number of amides is 3. The number of rotatable bonds is 46. The van der Waals surface area contributed by atoms with Gasteiger partial charge in [0.2, 0.25) is 17.6 Å². The van der Waals surface area contributed by atoms with E-state index in [9.17, 15) is 29.4 Å². The van der Waals surface area contributed by atoms with Crippen LogP contribution in [0.15, 0.2) is 63.6 Å². The predicted molar refractivity (Wildman–Crippen MR) is 322 cm³/mol. The highest BCUT2D eigenvalue weighted by atomic mass is 16.6. The van der Waals surface area contributed by atoms with Crippen LogP contribution >= 0.6 is 0 Å². The Bertz CT molecular complexity index is 2550. The Morgan fingerprint density at radius 1 is 0.651 bits per heavy atom. The molecule has 2 aliphatic carbocycles. The van der Waals surface area contributed by atoms with Crippen LogP contribution in [0.1, 0.15) is 89.9 Å². The lowest BCUT2D eigenvalue weighted by atomic mass is 9.52. The number of phenols is 2. The van der Waals surface area contributed by atoms with Crippen molar-refractivity contribution in [1.82, 2.24) is 20.5 Å². The van der Waals surface area contributed by atoms with Crippen LogP contribution in [0, 0.1) is 16.7 Å². The quantitative estimate of drug-likeness (QED) is 0.0190. The second kappa shape index (κ2) is 38.7. The number of fused-ring (bicyclic) bond motifs is 3. The first-order valence-corrected chi connectivity index (χ1v) is 30.2. The van der Waals surface area contributed by atoms with Gasteiger partial charge in [-0.05, 0) is 87.0 Å². The van der Waals surface area contributed by atoms with Crippen molar-refractivity contribution in [2.24, 2.45) is 28.3 Å². The number of aromatic hydroxyl groups is 2. The van der Waals surface area contributed by atoms with Gasteiger partial charge in [-0.2, -0.15) is 0 Å². The molecule has 24 heteroatoms. The number of hydrogen-bond donors (Lipinski definition) is 6. The largest absolute Gasteiger partial charge is 0.504 e. The summed E-state index contributed by atoms with van der Waals surface area (Å²) in [4.78, 5) is 52.8. The zero-order valence-corrected chi connectivity index (χ0v) is 51.5. The molecular formula is C62H98N6O18. The number of nitrogens with one attached hydrogen (secondary N) is 2. The number of phenolic OH excluding ortho intramolecular Hbond substituents is 2. The molecule has 0 saturated heterocycles. The van der Waals surface area contributed by atoms with Gasteiger partial charge in [-0.1, -0.05) is 32.9 Å². The normalized spacial score (nSPS) is 18.3. The molecule has 2 bridgehead atoms. The third-order valence-corrected chi connectivity index (χ3v) is 14.5. The number of nitrogens with two attached hydrogens (primary N) is 2. The van der Waals surface area contributed by atoms with Gasteiger partial charge in [0.1, 0.15) is 5.76 Å². The molecule has 2 aliphatic rings. The van der Waals surface area contributed by atoms with Crippen molar-refractivity contribution in [2.75, 3.05) is 172 Å². The molecule has 2 aromatic carbocycles. The van der Waals surface area contributed by atoms with Crippen LogP contribution in [0.4, 0.5) is 0 Å². The van der Waals surface area contributed by atoms with Gasteiger partial charge in [-0.25, -0.2) is 5.84 Å². The third-order valence-electron chi connectivity index (χ3n) is 14.5. The van der Waals surface area contributed by atoms with Crippen molar-refractivity contribution in [2.45, 2.75) is 85.1 Å². The van der Waals surface area contributed by atoms with E-state index in [1.807, 2.05) is 6.92 Å². The summed E-state index contributed by atoms with van der Waals surface area (Å²) in [6.45, 7) is 20.5. The molecule has 24 nitrogen and oxygen atoms in total. The SMILES string of the molecule is CCOCCOCCC(=O)N(CCOCCOCCOCCOCCOCCNC(=O)c1ccc(-c2cc(=O)c3ccc(O)c(O)c3o2)cc1)C/C(N)=C/N(N)CCOCCOCCOCCOCCC(=O)NC1(C)CC2CC(C)(C)CC(C)(C2)C1. The molecule has 3 unspecified atom stereocenters. The minimum Gasteiger partial charge on any atom is -0.504 e. The standard InChI is InChI=1S/C62H98N6O18/c1-6-75-23-24-77-19-14-56(72)67(43-50(63)44-68(64)17-22-80-28-32-84-35-33-81-29-25-76-18-13-55(71)66-62(5)42-47-40-60(2,3)45-61(4,41-47)46-62)16-21-79-27-31-83-36-38-85-37-34-82-30-26-78-20-15-65-59(74)49-9-7-48(8-10-49)54-39-53(70)51-11-12-52(69)57(73)58(51)86-54/h7-12,39,44,47,69,73H,6,13-38,40-43,45-46,63-64H2,1-5H3,(H,65,74)(H,66,71)/b50-44-. The van der Waals surface area contributed by atoms with Gasteiger partial charge in [0.25, 0.3) is 5.91 Å². The third kappa shape index (κ3) is 27.3. The lowest BCUT2D eigenvalue weighted by Crippen LogP contribution is -2.56. The van der Waals surface area contributed by atoms with Crippen LogP contribution in [-0.4, -0.2) is 215 Å². The van der Waals surface area contributed by atoms with E-state index in [4.69, 9.17) is 68.1 Å². The molecule has 8 N–H and O–H groups in total. The van der Waals surface area contributed by atoms with Crippen LogP contribution in [0.2, 0.25) is 0 Å². The first kappa shape index (κ1) is 71.3. The Morgan fingerprint density at radius 3 is 1.74 bits per heavy atom. The second-order valence-electron chi connectivity index (χ2n) is 23.1. The molecule has 2 fully saturated rings. The molecule has 0 radical (unpaired) electrons. The Hall–Kier alpha value is -5.48. The van der Waals surface area contributed by atoms with E-state index >= 15 is 0 Å². The van der Waals surface area contributed by atoms with Crippen LogP contribution in [-0.2, 0) is 61.7 Å². The average Bonchev–Trinajstić information content (AvgIpc) is 1.11. The van der Waals surface area contributed by atoms with Gasteiger partial charge in [-0.3, -0.25) is 19.2 Å². The van der Waals surface area contributed by atoms with Gasteiger partial charge in [0.15, 0.2) is 16.8 Å². The summed E-state index contributed by atoms with van der Waals surface area (Å²) < 4.78 is 67.2. The molecule has 3 amide bonds. The van der Waals surface area contributed by atoms with Crippen molar-refractivity contribution in [3.05, 3.63) is 70.1 Å². The number of ether oxygens (including phenoxy) is 11. The molecule has 86 heavy (non-hydrogen) atoms. The monoisotopic (exact) mass is 1210 g/mol. The van der Waals surface area contributed by atoms with Crippen molar-refractivity contribution in [3.63, 3.8) is 0 Å². The average molecular weight is 1220 g/mol. The van der Waals surface area contributed by atoms with Crippen molar-refractivity contribution < 1.29 is 81.1 Å². The van der Waals surface area contributed by atoms with E-state index < -0.39 is 11.5 Å². The lowest BCUT2D eigenvalue weighted by Gasteiger charge is -2.56. The number of benzene rings is 2. The van der Waals surface area contributed by atoms with E-state index in [0.29, 0.717) is 173 Å². The fraction of sp³-hybridized carbons (Fsp3) is 0.677. The summed E-state index contributed by atoms with van der Waals surface area (Å²) in [6, 6.07) is 10.3. The predicted octanol–water partition coefficient (Wildman–Crippen LogP) is 4.89. The first-order valence-electron chi connectivity index (χ1n) is 30.2. The van der Waals surface area contributed by atoms with E-state index in [2.05, 4.69) is 38.3 Å². The van der Waals surface area contributed by atoms with E-state index in [1.54, 1.807) is 35.4 Å². The molecule has 1 heterocycles. The van der Waals surface area contributed by atoms with Crippen LogP contribution in [0.5, 0.6) is 11.5 Å². The van der Waals surface area contributed by atoms with Crippen LogP contribution in [0.3, 0.4) is 0 Å². The molecule has 0 spiro atoms. The molecular weight excluding hydrogens is 1120 g/mol. The lowest BCUT2D eigenvalue weighted by molar-refractivity contribution is -0.133. The minimum atomic E-state index is -0.523. The summed E-state index contributed by atoms with van der Waals surface area (Å²) >= 11 is 0. The summed E-state index contributed by atoms with van der Waals surface area (Å²) in [5.74, 6) is 5.69.